The number of hydrogen-bond acceptors (Lipinski definition) is 5. The number of aryl methyl sites for hydroxylation is 1. The number of anilines is 2. The molecule has 1 unspecified atom stereocenters. The molecule has 21 heavy (non-hydrogen) atoms. The summed E-state index contributed by atoms with van der Waals surface area (Å²) in [7, 11) is 0. The lowest BCUT2D eigenvalue weighted by atomic mass is 10.2. The van der Waals surface area contributed by atoms with Crippen molar-refractivity contribution in [2.45, 2.75) is 33.2 Å². The van der Waals surface area contributed by atoms with Gasteiger partial charge in [0, 0.05) is 11.1 Å². The summed E-state index contributed by atoms with van der Waals surface area (Å²) in [6.45, 7) is 6.06. The second-order valence-corrected chi connectivity index (χ2v) is 5.31. The first kappa shape index (κ1) is 15.4. The van der Waals surface area contributed by atoms with Gasteiger partial charge in [0.25, 0.3) is 0 Å². The van der Waals surface area contributed by atoms with Gasteiger partial charge in [0.2, 0.25) is 5.88 Å². The third kappa shape index (κ3) is 3.76. The zero-order valence-electron chi connectivity index (χ0n) is 12.4. The molecule has 3 N–H and O–H groups in total. The van der Waals surface area contributed by atoms with Crippen LogP contribution >= 0.6 is 11.6 Å². The molecule has 1 aromatic heterocycles. The van der Waals surface area contributed by atoms with Gasteiger partial charge in [-0.3, -0.25) is 0 Å². The third-order valence-corrected chi connectivity index (χ3v) is 3.61. The van der Waals surface area contributed by atoms with E-state index in [0.29, 0.717) is 28.2 Å². The minimum Gasteiger partial charge on any atom is -0.437 e. The Labute approximate surface area is 129 Å². The molecule has 0 aliphatic rings. The number of rotatable bonds is 5. The normalized spacial score (nSPS) is 12.0. The second-order valence-electron chi connectivity index (χ2n) is 4.91. The number of hydrogen-bond donors (Lipinski definition) is 2. The number of nitrogens with one attached hydrogen (secondary N) is 1. The van der Waals surface area contributed by atoms with Gasteiger partial charge in [-0.2, -0.15) is 4.98 Å². The van der Waals surface area contributed by atoms with E-state index in [1.54, 1.807) is 12.1 Å². The van der Waals surface area contributed by atoms with Crippen molar-refractivity contribution < 1.29 is 4.74 Å². The molecule has 0 bridgehead atoms. The van der Waals surface area contributed by atoms with Gasteiger partial charge < -0.3 is 15.8 Å². The van der Waals surface area contributed by atoms with Crippen LogP contribution in [-0.4, -0.2) is 16.0 Å². The Balaban J connectivity index is 2.23. The molecule has 1 heterocycles. The molecule has 0 radical (unpaired) electrons. The molecule has 5 nitrogen and oxygen atoms in total. The number of halogens is 1. The highest BCUT2D eigenvalue weighted by Crippen LogP contribution is 2.31. The zero-order valence-corrected chi connectivity index (χ0v) is 13.1. The highest BCUT2D eigenvalue weighted by Gasteiger charge is 2.12. The number of aromatic nitrogens is 2. The first-order valence-corrected chi connectivity index (χ1v) is 7.20. The van der Waals surface area contributed by atoms with E-state index in [2.05, 4.69) is 29.1 Å². The van der Waals surface area contributed by atoms with E-state index in [4.69, 9.17) is 22.1 Å². The van der Waals surface area contributed by atoms with Gasteiger partial charge in [-0.1, -0.05) is 18.5 Å². The van der Waals surface area contributed by atoms with Crippen molar-refractivity contribution in [2.24, 2.45) is 0 Å². The Bertz CT molecular complexity index is 633. The van der Waals surface area contributed by atoms with Crippen LogP contribution in [0, 0.1) is 6.92 Å². The molecule has 112 valence electrons. The molecular weight excluding hydrogens is 288 g/mol. The van der Waals surface area contributed by atoms with E-state index < -0.39 is 0 Å². The van der Waals surface area contributed by atoms with Crippen LogP contribution in [-0.2, 0) is 0 Å². The summed E-state index contributed by atoms with van der Waals surface area (Å²) in [6, 6.07) is 5.67. The SMILES string of the molecule is CCC(C)Nc1ncnc(Oc2ccc(Cl)c(C)c2)c1N. The second kappa shape index (κ2) is 6.63. The average Bonchev–Trinajstić information content (AvgIpc) is 2.47. The minimum absolute atomic E-state index is 0.271. The lowest BCUT2D eigenvalue weighted by molar-refractivity contribution is 0.464. The summed E-state index contributed by atoms with van der Waals surface area (Å²) in [5, 5.41) is 3.92. The van der Waals surface area contributed by atoms with Crippen LogP contribution in [0.15, 0.2) is 24.5 Å². The van der Waals surface area contributed by atoms with Crippen LogP contribution in [0.25, 0.3) is 0 Å². The van der Waals surface area contributed by atoms with Crippen molar-refractivity contribution in [1.29, 1.82) is 0 Å². The molecule has 0 saturated heterocycles. The van der Waals surface area contributed by atoms with Crippen LogP contribution in [0.3, 0.4) is 0 Å². The van der Waals surface area contributed by atoms with Crippen molar-refractivity contribution in [3.05, 3.63) is 35.1 Å². The monoisotopic (exact) mass is 306 g/mol. The Morgan fingerprint density at radius 2 is 2.14 bits per heavy atom. The largest absolute Gasteiger partial charge is 0.437 e. The number of nitrogen functional groups attached to an aromatic ring is 1. The molecule has 2 aromatic rings. The Hall–Kier alpha value is -2.01. The Morgan fingerprint density at radius 3 is 2.81 bits per heavy atom. The summed E-state index contributed by atoms with van der Waals surface area (Å²) < 4.78 is 5.73. The van der Waals surface area contributed by atoms with E-state index in [1.807, 2.05) is 13.0 Å². The van der Waals surface area contributed by atoms with Gasteiger partial charge in [0.05, 0.1) is 0 Å². The van der Waals surface area contributed by atoms with Crippen molar-refractivity contribution >= 4 is 23.1 Å². The van der Waals surface area contributed by atoms with Gasteiger partial charge in [-0.05, 0) is 44.0 Å². The van der Waals surface area contributed by atoms with Gasteiger partial charge >= 0.3 is 0 Å². The number of nitrogens with zero attached hydrogens (tertiary/aromatic N) is 2. The molecule has 1 atom stereocenters. The molecular formula is C15H19ClN4O. The fraction of sp³-hybridized carbons (Fsp3) is 0.333. The molecule has 0 saturated carbocycles. The van der Waals surface area contributed by atoms with Crippen molar-refractivity contribution in [3.8, 4) is 11.6 Å². The number of nitrogens with two attached hydrogens (primary N) is 1. The summed E-state index contributed by atoms with van der Waals surface area (Å²) >= 11 is 6.00. The highest BCUT2D eigenvalue weighted by molar-refractivity contribution is 6.31. The maximum atomic E-state index is 6.06. The fourth-order valence-corrected chi connectivity index (χ4v) is 1.82. The van der Waals surface area contributed by atoms with E-state index in [9.17, 15) is 0 Å². The van der Waals surface area contributed by atoms with Crippen LogP contribution in [0.2, 0.25) is 5.02 Å². The quantitative estimate of drug-likeness (QED) is 0.872. The smallest absolute Gasteiger partial charge is 0.248 e. The molecule has 1 aromatic carbocycles. The van der Waals surface area contributed by atoms with Crippen LogP contribution < -0.4 is 15.8 Å². The van der Waals surface area contributed by atoms with Crippen LogP contribution in [0.5, 0.6) is 11.6 Å². The Morgan fingerprint density at radius 1 is 1.38 bits per heavy atom. The van der Waals surface area contributed by atoms with E-state index >= 15 is 0 Å². The van der Waals surface area contributed by atoms with Crippen molar-refractivity contribution in [3.63, 3.8) is 0 Å². The van der Waals surface area contributed by atoms with E-state index in [-0.39, 0.29) is 6.04 Å². The average molecular weight is 307 g/mol. The Kier molecular flexibility index (Phi) is 4.85. The summed E-state index contributed by atoms with van der Waals surface area (Å²) in [4.78, 5) is 8.24. The molecule has 6 heteroatoms. The lowest BCUT2D eigenvalue weighted by Crippen LogP contribution is -2.16. The summed E-state index contributed by atoms with van der Waals surface area (Å²) in [5.41, 5.74) is 7.39. The minimum atomic E-state index is 0.271. The van der Waals surface area contributed by atoms with E-state index in [0.717, 1.165) is 12.0 Å². The van der Waals surface area contributed by atoms with Gasteiger partial charge in [-0.15, -0.1) is 0 Å². The number of benzene rings is 1. The topological polar surface area (TPSA) is 73.1 Å². The molecule has 0 spiro atoms. The maximum Gasteiger partial charge on any atom is 0.248 e. The van der Waals surface area contributed by atoms with Crippen molar-refractivity contribution in [2.75, 3.05) is 11.1 Å². The molecule has 2 rings (SSSR count). The van der Waals surface area contributed by atoms with Gasteiger partial charge in [0.15, 0.2) is 5.82 Å². The van der Waals surface area contributed by atoms with Gasteiger partial charge in [-0.25, -0.2) is 4.98 Å². The predicted octanol–water partition coefficient (Wildman–Crippen LogP) is 4.02. The number of ether oxygens (including phenoxy) is 1. The molecule has 0 fully saturated rings. The lowest BCUT2D eigenvalue weighted by Gasteiger charge is -2.15. The van der Waals surface area contributed by atoms with E-state index in [1.165, 1.54) is 6.33 Å². The molecule has 0 amide bonds. The first-order chi connectivity index (χ1) is 10.0. The first-order valence-electron chi connectivity index (χ1n) is 6.82. The summed E-state index contributed by atoms with van der Waals surface area (Å²) in [6.07, 6.45) is 2.40. The van der Waals surface area contributed by atoms with Gasteiger partial charge in [0.1, 0.15) is 17.8 Å². The third-order valence-electron chi connectivity index (χ3n) is 3.19. The zero-order chi connectivity index (χ0) is 15.4. The highest BCUT2D eigenvalue weighted by atomic mass is 35.5. The van der Waals surface area contributed by atoms with Crippen LogP contribution in [0.1, 0.15) is 25.8 Å². The van der Waals surface area contributed by atoms with Crippen molar-refractivity contribution in [1.82, 2.24) is 9.97 Å². The predicted molar refractivity (Wildman–Crippen MR) is 86.1 cm³/mol. The maximum absolute atomic E-state index is 6.06. The van der Waals surface area contributed by atoms with Crippen LogP contribution in [0.4, 0.5) is 11.5 Å². The standard InChI is InChI=1S/C15H19ClN4O/c1-4-10(3)20-14-13(17)15(19-8-18-14)21-11-5-6-12(16)9(2)7-11/h5-8,10H,4,17H2,1-3H3,(H,18,19,20). The summed E-state index contributed by atoms with van der Waals surface area (Å²) in [5.74, 6) is 1.55. The molecule has 0 aliphatic carbocycles. The fourth-order valence-electron chi connectivity index (χ4n) is 1.70. The molecule has 0 aliphatic heterocycles.